The number of hydrogen-bond acceptors (Lipinski definition) is 2. The van der Waals surface area contributed by atoms with Gasteiger partial charge in [0.05, 0.1) is 6.07 Å². The van der Waals surface area contributed by atoms with Crippen molar-refractivity contribution in [1.82, 2.24) is 5.32 Å². The fourth-order valence-corrected chi connectivity index (χ4v) is 1.47. The van der Waals surface area contributed by atoms with E-state index in [1.54, 1.807) is 0 Å². The van der Waals surface area contributed by atoms with Gasteiger partial charge in [-0.05, 0) is 17.0 Å². The molecule has 16 heavy (non-hydrogen) atoms. The topological polar surface area (TPSA) is 52.9 Å². The molecule has 3 nitrogen and oxygen atoms in total. The van der Waals surface area contributed by atoms with Crippen molar-refractivity contribution in [3.05, 3.63) is 35.4 Å². The van der Waals surface area contributed by atoms with Crippen LogP contribution in [0.4, 0.5) is 0 Å². The number of carbonyl (C=O) groups excluding carboxylic acids is 1. The first-order valence-corrected chi connectivity index (χ1v) is 5.31. The lowest BCUT2D eigenvalue weighted by Crippen LogP contribution is -2.24. The lowest BCUT2D eigenvalue weighted by atomic mass is 9.99. The standard InChI is InChI=1S/C13H16N2O/c1-9(2)11-4-6-12(7-5-11)13(8-14)15-10(3)16/h4-7,9,13H,1-3H3,(H,15,16). The van der Waals surface area contributed by atoms with Gasteiger partial charge in [-0.3, -0.25) is 4.79 Å². The summed E-state index contributed by atoms with van der Waals surface area (Å²) in [6.45, 7) is 5.64. The number of rotatable bonds is 3. The number of nitrogens with zero attached hydrogens (tertiary/aromatic N) is 1. The molecule has 0 aliphatic heterocycles. The van der Waals surface area contributed by atoms with Crippen molar-refractivity contribution in [2.24, 2.45) is 0 Å². The lowest BCUT2D eigenvalue weighted by molar-refractivity contribution is -0.119. The number of hydrogen-bond donors (Lipinski definition) is 1. The summed E-state index contributed by atoms with van der Waals surface area (Å²) >= 11 is 0. The van der Waals surface area contributed by atoms with Crippen molar-refractivity contribution < 1.29 is 4.79 Å². The van der Waals surface area contributed by atoms with Crippen LogP contribution in [0, 0.1) is 11.3 Å². The molecule has 0 aliphatic carbocycles. The molecular weight excluding hydrogens is 200 g/mol. The highest BCUT2D eigenvalue weighted by Crippen LogP contribution is 2.18. The smallest absolute Gasteiger partial charge is 0.218 e. The van der Waals surface area contributed by atoms with Gasteiger partial charge in [-0.25, -0.2) is 0 Å². The minimum Gasteiger partial charge on any atom is -0.337 e. The fourth-order valence-electron chi connectivity index (χ4n) is 1.47. The maximum absolute atomic E-state index is 10.9. The van der Waals surface area contributed by atoms with Gasteiger partial charge < -0.3 is 5.32 Å². The Morgan fingerprint density at radius 1 is 1.25 bits per heavy atom. The molecule has 0 fully saturated rings. The quantitative estimate of drug-likeness (QED) is 0.844. The third kappa shape index (κ3) is 3.09. The monoisotopic (exact) mass is 216 g/mol. The van der Waals surface area contributed by atoms with Crippen molar-refractivity contribution in [2.75, 3.05) is 0 Å². The van der Waals surface area contributed by atoms with E-state index in [0.717, 1.165) is 5.56 Å². The van der Waals surface area contributed by atoms with Crippen molar-refractivity contribution in [3.8, 4) is 6.07 Å². The molecule has 0 aromatic heterocycles. The summed E-state index contributed by atoms with van der Waals surface area (Å²) < 4.78 is 0. The van der Waals surface area contributed by atoms with Crippen molar-refractivity contribution in [2.45, 2.75) is 32.7 Å². The van der Waals surface area contributed by atoms with Gasteiger partial charge in [-0.15, -0.1) is 0 Å². The first-order chi connectivity index (χ1) is 7.54. The zero-order chi connectivity index (χ0) is 12.1. The van der Waals surface area contributed by atoms with Gasteiger partial charge in [-0.1, -0.05) is 38.1 Å². The van der Waals surface area contributed by atoms with Crippen LogP contribution in [0.2, 0.25) is 0 Å². The average molecular weight is 216 g/mol. The van der Waals surface area contributed by atoms with Crippen LogP contribution >= 0.6 is 0 Å². The maximum atomic E-state index is 10.9. The molecule has 1 aromatic carbocycles. The SMILES string of the molecule is CC(=O)NC(C#N)c1ccc(C(C)C)cc1. The van der Waals surface area contributed by atoms with Crippen molar-refractivity contribution in [3.63, 3.8) is 0 Å². The van der Waals surface area contributed by atoms with Crippen LogP contribution in [0.1, 0.15) is 43.9 Å². The molecule has 1 rings (SSSR count). The van der Waals surface area contributed by atoms with Crippen molar-refractivity contribution >= 4 is 5.91 Å². The molecule has 1 unspecified atom stereocenters. The zero-order valence-electron chi connectivity index (χ0n) is 9.82. The number of carbonyl (C=O) groups is 1. The highest BCUT2D eigenvalue weighted by molar-refractivity contribution is 5.73. The van der Waals surface area contributed by atoms with E-state index in [1.807, 2.05) is 24.3 Å². The lowest BCUT2D eigenvalue weighted by Gasteiger charge is -2.12. The number of nitriles is 1. The third-order valence-electron chi connectivity index (χ3n) is 2.41. The minimum absolute atomic E-state index is 0.195. The summed E-state index contributed by atoms with van der Waals surface area (Å²) in [5, 5.41) is 11.5. The van der Waals surface area contributed by atoms with Gasteiger partial charge in [0.25, 0.3) is 0 Å². The van der Waals surface area contributed by atoms with E-state index in [4.69, 9.17) is 5.26 Å². The Hall–Kier alpha value is -1.82. The van der Waals surface area contributed by atoms with Gasteiger partial charge in [0.15, 0.2) is 0 Å². The van der Waals surface area contributed by atoms with Gasteiger partial charge in [-0.2, -0.15) is 5.26 Å². The van der Waals surface area contributed by atoms with Gasteiger partial charge >= 0.3 is 0 Å². The molecule has 1 aromatic rings. The molecule has 0 saturated heterocycles. The zero-order valence-corrected chi connectivity index (χ0v) is 9.82. The van der Waals surface area contributed by atoms with E-state index in [9.17, 15) is 4.79 Å². The van der Waals surface area contributed by atoms with Crippen LogP contribution in [-0.2, 0) is 4.79 Å². The Kier molecular flexibility index (Phi) is 4.07. The fraction of sp³-hybridized carbons (Fsp3) is 0.385. The van der Waals surface area contributed by atoms with E-state index >= 15 is 0 Å². The Labute approximate surface area is 96.1 Å². The molecular formula is C13H16N2O. The second-order valence-electron chi connectivity index (χ2n) is 4.08. The molecule has 1 N–H and O–H groups in total. The molecule has 84 valence electrons. The first kappa shape index (κ1) is 12.3. The predicted octanol–water partition coefficient (Wildman–Crippen LogP) is 2.51. The van der Waals surface area contributed by atoms with E-state index in [2.05, 4.69) is 25.2 Å². The molecule has 0 heterocycles. The van der Waals surface area contributed by atoms with E-state index in [-0.39, 0.29) is 5.91 Å². The van der Waals surface area contributed by atoms with E-state index < -0.39 is 6.04 Å². The maximum Gasteiger partial charge on any atom is 0.218 e. The number of nitrogens with one attached hydrogen (secondary N) is 1. The number of benzene rings is 1. The summed E-state index contributed by atoms with van der Waals surface area (Å²) in [4.78, 5) is 10.9. The van der Waals surface area contributed by atoms with E-state index in [1.165, 1.54) is 12.5 Å². The largest absolute Gasteiger partial charge is 0.337 e. The van der Waals surface area contributed by atoms with Crippen LogP contribution in [0.5, 0.6) is 0 Å². The highest BCUT2D eigenvalue weighted by atomic mass is 16.1. The van der Waals surface area contributed by atoms with Crippen LogP contribution in [0.3, 0.4) is 0 Å². The van der Waals surface area contributed by atoms with Crippen molar-refractivity contribution in [1.29, 1.82) is 5.26 Å². The third-order valence-corrected chi connectivity index (χ3v) is 2.41. The van der Waals surface area contributed by atoms with Gasteiger partial charge in [0, 0.05) is 6.92 Å². The summed E-state index contributed by atoms with van der Waals surface area (Å²) in [6, 6.07) is 9.27. The molecule has 1 amide bonds. The summed E-state index contributed by atoms with van der Waals surface area (Å²) in [5.41, 5.74) is 2.05. The van der Waals surface area contributed by atoms with Crippen LogP contribution in [0.25, 0.3) is 0 Å². The Morgan fingerprint density at radius 2 is 1.75 bits per heavy atom. The van der Waals surface area contributed by atoms with E-state index in [0.29, 0.717) is 5.92 Å². The molecule has 0 aliphatic rings. The predicted molar refractivity (Wildman–Crippen MR) is 62.7 cm³/mol. The molecule has 1 atom stereocenters. The minimum atomic E-state index is -0.557. The number of amides is 1. The van der Waals surface area contributed by atoms with Gasteiger partial charge in [0.1, 0.15) is 6.04 Å². The second-order valence-corrected chi connectivity index (χ2v) is 4.08. The second kappa shape index (κ2) is 5.32. The van der Waals surface area contributed by atoms with Gasteiger partial charge in [0.2, 0.25) is 5.91 Å². The molecule has 0 bridgehead atoms. The molecule has 0 spiro atoms. The van der Waals surface area contributed by atoms with Crippen LogP contribution in [0.15, 0.2) is 24.3 Å². The normalized spacial score (nSPS) is 11.9. The summed E-state index contributed by atoms with van der Waals surface area (Å²) in [6.07, 6.45) is 0. The Morgan fingerprint density at radius 3 is 2.12 bits per heavy atom. The highest BCUT2D eigenvalue weighted by Gasteiger charge is 2.11. The van der Waals surface area contributed by atoms with Crippen LogP contribution < -0.4 is 5.32 Å². The summed E-state index contributed by atoms with van der Waals surface area (Å²) in [5.74, 6) is 0.273. The van der Waals surface area contributed by atoms with Crippen LogP contribution in [-0.4, -0.2) is 5.91 Å². The molecule has 0 saturated carbocycles. The summed E-state index contributed by atoms with van der Waals surface area (Å²) in [7, 11) is 0. The Balaban J connectivity index is 2.87. The Bertz CT molecular complexity index is 401. The first-order valence-electron chi connectivity index (χ1n) is 5.31. The molecule has 3 heteroatoms. The molecule has 0 radical (unpaired) electrons. The average Bonchev–Trinajstić information content (AvgIpc) is 2.25.